The van der Waals surface area contributed by atoms with Crippen molar-refractivity contribution < 1.29 is 0 Å². The van der Waals surface area contributed by atoms with Gasteiger partial charge in [-0.15, -0.1) is 0 Å². The van der Waals surface area contributed by atoms with Crippen molar-refractivity contribution in [3.05, 3.63) is 52.0 Å². The van der Waals surface area contributed by atoms with Gasteiger partial charge in [0.2, 0.25) is 0 Å². The highest BCUT2D eigenvalue weighted by Gasteiger charge is 2.15. The van der Waals surface area contributed by atoms with Crippen LogP contribution in [0, 0.1) is 0 Å². The van der Waals surface area contributed by atoms with Crippen molar-refractivity contribution in [1.82, 2.24) is 15.0 Å². The fraction of sp³-hybridized carbons (Fsp3) is 0.250. The number of nitrogens with zero attached hydrogens (tertiary/aromatic N) is 2. The van der Waals surface area contributed by atoms with Crippen molar-refractivity contribution in [1.29, 1.82) is 0 Å². The molecular weight excluding hydrogens is 271 g/mol. The third-order valence-electron chi connectivity index (χ3n) is 2.80. The molecule has 1 aromatic carbocycles. The van der Waals surface area contributed by atoms with Gasteiger partial charge in [0.05, 0.1) is 16.1 Å². The van der Waals surface area contributed by atoms with E-state index in [0.717, 1.165) is 11.4 Å². The first kappa shape index (κ1) is 13.4. The Bertz CT molecular complexity index is 539. The molecule has 0 aliphatic rings. The van der Waals surface area contributed by atoms with E-state index in [1.54, 1.807) is 12.3 Å². The second-order valence-corrected chi connectivity index (χ2v) is 4.88. The smallest absolute Gasteiger partial charge is 0.127 e. The van der Waals surface area contributed by atoms with Gasteiger partial charge in [0.25, 0.3) is 0 Å². The second-order valence-electron chi connectivity index (χ2n) is 4.07. The summed E-state index contributed by atoms with van der Waals surface area (Å²) in [6, 6.07) is 5.49. The Hall–Kier alpha value is -1.07. The molecule has 2 aromatic rings. The van der Waals surface area contributed by atoms with E-state index in [1.165, 1.54) is 0 Å². The van der Waals surface area contributed by atoms with Crippen LogP contribution in [0.3, 0.4) is 0 Å². The van der Waals surface area contributed by atoms with Crippen LogP contribution in [0.25, 0.3) is 0 Å². The second kappa shape index (κ2) is 5.71. The van der Waals surface area contributed by atoms with Gasteiger partial charge in [0.1, 0.15) is 5.82 Å². The van der Waals surface area contributed by atoms with E-state index < -0.39 is 0 Å². The third-order valence-corrected chi connectivity index (χ3v) is 3.53. The lowest BCUT2D eigenvalue weighted by atomic mass is 10.1. The van der Waals surface area contributed by atoms with Crippen LogP contribution >= 0.6 is 23.2 Å². The molecule has 0 aliphatic carbocycles. The maximum atomic E-state index is 5.99. The number of rotatable bonds is 4. The number of hydrogen-bond acceptors (Lipinski definition) is 3. The van der Waals surface area contributed by atoms with Crippen LogP contribution in [-0.4, -0.2) is 9.55 Å². The molecule has 1 aromatic heterocycles. The third kappa shape index (κ3) is 2.84. The van der Waals surface area contributed by atoms with Crippen LogP contribution in [0.1, 0.15) is 17.4 Å². The van der Waals surface area contributed by atoms with Gasteiger partial charge in [-0.25, -0.2) is 10.4 Å². The monoisotopic (exact) mass is 284 g/mol. The first-order valence-electron chi connectivity index (χ1n) is 5.49. The van der Waals surface area contributed by atoms with Crippen molar-refractivity contribution in [3.8, 4) is 0 Å². The average molecular weight is 285 g/mol. The molecule has 0 amide bonds. The summed E-state index contributed by atoms with van der Waals surface area (Å²) in [5, 5.41) is 1.10. The summed E-state index contributed by atoms with van der Waals surface area (Å²) in [6.07, 6.45) is 4.32. The van der Waals surface area contributed by atoms with Crippen LogP contribution in [0.15, 0.2) is 30.6 Å². The molecule has 0 saturated heterocycles. The number of hydrazine groups is 1. The van der Waals surface area contributed by atoms with Crippen molar-refractivity contribution in [2.24, 2.45) is 12.9 Å². The molecule has 0 spiro atoms. The molecular formula is C12H14Cl2N4. The van der Waals surface area contributed by atoms with E-state index in [1.807, 2.05) is 29.9 Å². The number of aromatic nitrogens is 2. The fourth-order valence-electron chi connectivity index (χ4n) is 1.84. The van der Waals surface area contributed by atoms with Gasteiger partial charge in [0, 0.05) is 19.4 Å². The van der Waals surface area contributed by atoms with E-state index in [2.05, 4.69) is 10.4 Å². The summed E-state index contributed by atoms with van der Waals surface area (Å²) in [5.74, 6) is 6.46. The predicted molar refractivity (Wildman–Crippen MR) is 73.4 cm³/mol. The molecule has 0 saturated carbocycles. The van der Waals surface area contributed by atoms with Crippen LogP contribution in [-0.2, 0) is 13.5 Å². The Labute approximate surface area is 116 Å². The Morgan fingerprint density at radius 2 is 2.17 bits per heavy atom. The molecule has 0 fully saturated rings. The van der Waals surface area contributed by atoms with Gasteiger partial charge >= 0.3 is 0 Å². The van der Waals surface area contributed by atoms with E-state index in [4.69, 9.17) is 29.0 Å². The Balaban J connectivity index is 2.20. The normalized spacial score (nSPS) is 12.7. The summed E-state index contributed by atoms with van der Waals surface area (Å²) in [5.41, 5.74) is 3.82. The van der Waals surface area contributed by atoms with Gasteiger partial charge in [0.15, 0.2) is 0 Å². The molecule has 2 rings (SSSR count). The highest BCUT2D eigenvalue weighted by molar-refractivity contribution is 6.42. The minimum Gasteiger partial charge on any atom is -0.337 e. The number of benzene rings is 1. The molecule has 0 radical (unpaired) electrons. The molecule has 0 aliphatic heterocycles. The highest BCUT2D eigenvalue weighted by Crippen LogP contribution is 2.25. The van der Waals surface area contributed by atoms with E-state index in [0.29, 0.717) is 16.5 Å². The maximum Gasteiger partial charge on any atom is 0.127 e. The lowest BCUT2D eigenvalue weighted by molar-refractivity contribution is 0.507. The van der Waals surface area contributed by atoms with E-state index in [-0.39, 0.29) is 6.04 Å². The van der Waals surface area contributed by atoms with Crippen molar-refractivity contribution in [2.45, 2.75) is 12.5 Å². The van der Waals surface area contributed by atoms with Crippen molar-refractivity contribution in [2.75, 3.05) is 0 Å². The van der Waals surface area contributed by atoms with Crippen LogP contribution in [0.4, 0.5) is 0 Å². The molecule has 3 N–H and O–H groups in total. The Kier molecular flexibility index (Phi) is 4.24. The van der Waals surface area contributed by atoms with Crippen LogP contribution in [0.5, 0.6) is 0 Å². The molecule has 1 unspecified atom stereocenters. The lowest BCUT2D eigenvalue weighted by Gasteiger charge is -2.16. The number of nitrogens with one attached hydrogen (secondary N) is 1. The van der Waals surface area contributed by atoms with Gasteiger partial charge in [-0.2, -0.15) is 0 Å². The van der Waals surface area contributed by atoms with Crippen LogP contribution in [0.2, 0.25) is 10.0 Å². The van der Waals surface area contributed by atoms with Crippen molar-refractivity contribution >= 4 is 23.2 Å². The SMILES string of the molecule is Cn1ccnc1C(Cc1ccc(Cl)c(Cl)c1)NN. The van der Waals surface area contributed by atoms with Gasteiger partial charge in [-0.05, 0) is 24.1 Å². The molecule has 18 heavy (non-hydrogen) atoms. The summed E-state index contributed by atoms with van der Waals surface area (Å²) < 4.78 is 1.93. The van der Waals surface area contributed by atoms with Gasteiger partial charge in [-0.1, -0.05) is 29.3 Å². The first-order valence-corrected chi connectivity index (χ1v) is 6.24. The number of imidazole rings is 1. The molecule has 6 heteroatoms. The first-order chi connectivity index (χ1) is 8.61. The zero-order valence-electron chi connectivity index (χ0n) is 9.90. The van der Waals surface area contributed by atoms with Crippen LogP contribution < -0.4 is 11.3 Å². The zero-order chi connectivity index (χ0) is 13.1. The fourth-order valence-corrected chi connectivity index (χ4v) is 2.16. The molecule has 4 nitrogen and oxygen atoms in total. The number of nitrogens with two attached hydrogens (primary N) is 1. The molecule has 0 bridgehead atoms. The molecule has 1 heterocycles. The largest absolute Gasteiger partial charge is 0.337 e. The quantitative estimate of drug-likeness (QED) is 0.670. The van der Waals surface area contributed by atoms with Crippen molar-refractivity contribution in [3.63, 3.8) is 0 Å². The minimum absolute atomic E-state index is 0.0674. The summed E-state index contributed by atoms with van der Waals surface area (Å²) in [4.78, 5) is 4.28. The topological polar surface area (TPSA) is 55.9 Å². The molecule has 1 atom stereocenters. The predicted octanol–water partition coefficient (Wildman–Crippen LogP) is 2.47. The summed E-state index contributed by atoms with van der Waals surface area (Å²) in [7, 11) is 1.93. The zero-order valence-corrected chi connectivity index (χ0v) is 11.4. The van der Waals surface area contributed by atoms with Gasteiger partial charge in [-0.3, -0.25) is 5.84 Å². The van der Waals surface area contributed by atoms with Gasteiger partial charge < -0.3 is 4.57 Å². The summed E-state index contributed by atoms with van der Waals surface area (Å²) in [6.45, 7) is 0. The number of hydrogen-bond donors (Lipinski definition) is 2. The highest BCUT2D eigenvalue weighted by atomic mass is 35.5. The maximum absolute atomic E-state index is 5.99. The molecule has 96 valence electrons. The lowest BCUT2D eigenvalue weighted by Crippen LogP contribution is -2.31. The Morgan fingerprint density at radius 1 is 1.39 bits per heavy atom. The standard InChI is InChI=1S/C12H14Cl2N4/c1-18-5-4-16-12(18)11(17-15)7-8-2-3-9(13)10(14)6-8/h2-6,11,17H,7,15H2,1H3. The number of halogens is 2. The Morgan fingerprint density at radius 3 is 2.72 bits per heavy atom. The summed E-state index contributed by atoms with van der Waals surface area (Å²) >= 11 is 11.9. The van der Waals surface area contributed by atoms with E-state index >= 15 is 0 Å². The average Bonchev–Trinajstić information content (AvgIpc) is 2.77. The minimum atomic E-state index is -0.0674. The number of aryl methyl sites for hydroxylation is 1. The van der Waals surface area contributed by atoms with E-state index in [9.17, 15) is 0 Å².